The molecule has 5 rings (SSSR count). The molecule has 3 aromatic rings. The highest BCUT2D eigenvalue weighted by molar-refractivity contribution is 8.15. The monoisotopic (exact) mass is 462 g/mol. The summed E-state index contributed by atoms with van der Waals surface area (Å²) < 4.78 is 12.2. The summed E-state index contributed by atoms with van der Waals surface area (Å²) in [5.74, 6) is 1.41. The van der Waals surface area contributed by atoms with Gasteiger partial charge < -0.3 is 29.9 Å². The number of fused-ring (bicyclic) bond motifs is 3. The van der Waals surface area contributed by atoms with E-state index in [1.165, 1.54) is 0 Å². The van der Waals surface area contributed by atoms with Crippen LogP contribution in [-0.2, 0) is 4.74 Å². The van der Waals surface area contributed by atoms with Crippen LogP contribution >= 0.6 is 23.1 Å². The van der Waals surface area contributed by atoms with Gasteiger partial charge in [-0.3, -0.25) is 4.99 Å². The predicted octanol–water partition coefficient (Wildman–Crippen LogP) is 1.51. The normalized spacial score (nSPS) is 31.3. The molecule has 0 amide bonds. The largest absolute Gasteiger partial charge is 0.462 e. The van der Waals surface area contributed by atoms with Crippen molar-refractivity contribution in [1.82, 2.24) is 4.98 Å². The highest BCUT2D eigenvalue weighted by Crippen LogP contribution is 2.35. The molecule has 0 spiro atoms. The molecule has 1 fully saturated rings. The molecule has 2 aliphatic rings. The Morgan fingerprint density at radius 2 is 1.97 bits per heavy atom. The number of thiazole rings is 1. The van der Waals surface area contributed by atoms with Crippen LogP contribution in [0.2, 0.25) is 0 Å². The molecule has 2 aliphatic heterocycles. The van der Waals surface area contributed by atoms with Crippen molar-refractivity contribution < 1.29 is 29.9 Å². The number of aromatic nitrogens is 1. The first-order valence-corrected chi connectivity index (χ1v) is 11.8. The van der Waals surface area contributed by atoms with Crippen LogP contribution in [0.4, 0.5) is 0 Å². The van der Waals surface area contributed by atoms with Crippen LogP contribution in [0.3, 0.4) is 0 Å². The van der Waals surface area contributed by atoms with Gasteiger partial charge in [0.15, 0.2) is 0 Å². The smallest absolute Gasteiger partial charge is 0.229 e. The van der Waals surface area contributed by atoms with Crippen LogP contribution in [0, 0.1) is 0 Å². The second-order valence-electron chi connectivity index (χ2n) is 7.73. The van der Waals surface area contributed by atoms with Crippen molar-refractivity contribution >= 4 is 49.1 Å². The number of aliphatic hydroxyl groups excluding tert-OH is 4. The number of aliphatic imine (C=N–C) groups is 1. The van der Waals surface area contributed by atoms with Crippen LogP contribution in [0.5, 0.6) is 5.75 Å². The highest BCUT2D eigenvalue weighted by atomic mass is 32.2. The van der Waals surface area contributed by atoms with Crippen molar-refractivity contribution in [2.24, 2.45) is 4.99 Å². The van der Waals surface area contributed by atoms with E-state index in [1.54, 1.807) is 29.2 Å². The molecular formula is C21H22N2O6S2. The second-order valence-corrected chi connectivity index (χ2v) is 9.73. The molecular weight excluding hydrogens is 440 g/mol. The molecule has 0 bridgehead atoms. The van der Waals surface area contributed by atoms with E-state index in [2.05, 4.69) is 11.9 Å². The number of benzene rings is 2. The summed E-state index contributed by atoms with van der Waals surface area (Å²) in [7, 11) is 0. The van der Waals surface area contributed by atoms with Crippen molar-refractivity contribution in [3.05, 3.63) is 35.3 Å². The van der Waals surface area contributed by atoms with Crippen molar-refractivity contribution in [2.75, 3.05) is 12.4 Å². The van der Waals surface area contributed by atoms with Gasteiger partial charge >= 0.3 is 0 Å². The summed E-state index contributed by atoms with van der Waals surface area (Å²) >= 11 is 3.35. The minimum Gasteiger partial charge on any atom is -0.462 e. The third-order valence-corrected chi connectivity index (χ3v) is 7.89. The summed E-state index contributed by atoms with van der Waals surface area (Å²) in [5, 5.41) is 43.3. The summed E-state index contributed by atoms with van der Waals surface area (Å²) in [6.45, 7) is 1.59. The minimum absolute atomic E-state index is 0.311. The topological polar surface area (TPSA) is 125 Å². The first kappa shape index (κ1) is 21.1. The zero-order chi connectivity index (χ0) is 21.7. The van der Waals surface area contributed by atoms with E-state index in [-0.39, 0.29) is 0 Å². The van der Waals surface area contributed by atoms with E-state index in [9.17, 15) is 20.4 Å². The van der Waals surface area contributed by atoms with E-state index in [1.807, 2.05) is 24.3 Å². The molecule has 3 heterocycles. The molecule has 164 valence electrons. The third-order valence-electron chi connectivity index (χ3n) is 5.42. The van der Waals surface area contributed by atoms with Crippen LogP contribution in [0.15, 0.2) is 35.3 Å². The average molecular weight is 463 g/mol. The van der Waals surface area contributed by atoms with Gasteiger partial charge in [-0.1, -0.05) is 6.07 Å². The fraction of sp³-hybridized carbons (Fsp3) is 0.429. The van der Waals surface area contributed by atoms with Crippen molar-refractivity contribution in [2.45, 2.75) is 43.7 Å². The molecule has 0 saturated carbocycles. The molecule has 0 aliphatic carbocycles. The van der Waals surface area contributed by atoms with Gasteiger partial charge in [-0.05, 0) is 36.6 Å². The number of rotatable bonds is 4. The molecule has 1 aromatic heterocycles. The van der Waals surface area contributed by atoms with Gasteiger partial charge in [-0.25, -0.2) is 4.98 Å². The maximum Gasteiger partial charge on any atom is 0.229 e. The summed E-state index contributed by atoms with van der Waals surface area (Å²) in [4.78, 5) is 9.40. The van der Waals surface area contributed by atoms with E-state index < -0.39 is 37.3 Å². The summed E-state index contributed by atoms with van der Waals surface area (Å²) in [6, 6.07) is 9.72. The van der Waals surface area contributed by atoms with Gasteiger partial charge in [-0.2, -0.15) is 0 Å². The molecule has 4 N–H and O–H groups in total. The lowest BCUT2D eigenvalue weighted by Gasteiger charge is -2.39. The number of hydrogen-bond acceptors (Lipinski definition) is 10. The SMILES string of the molecule is CC1CSC(c2nc3ccc4cc(OC5OC(CO)C(O)C(O)C5O)ccc4c3s2)=N1. The average Bonchev–Trinajstić information content (AvgIpc) is 3.40. The van der Waals surface area contributed by atoms with Gasteiger partial charge in [0, 0.05) is 11.1 Å². The second kappa shape index (κ2) is 8.28. The molecule has 31 heavy (non-hydrogen) atoms. The van der Waals surface area contributed by atoms with Crippen LogP contribution in [0.1, 0.15) is 11.9 Å². The lowest BCUT2D eigenvalue weighted by Crippen LogP contribution is -2.60. The van der Waals surface area contributed by atoms with Gasteiger partial charge in [-0.15, -0.1) is 23.1 Å². The lowest BCUT2D eigenvalue weighted by molar-refractivity contribution is -0.277. The van der Waals surface area contributed by atoms with E-state index in [4.69, 9.17) is 14.5 Å². The van der Waals surface area contributed by atoms with E-state index >= 15 is 0 Å². The van der Waals surface area contributed by atoms with Crippen LogP contribution < -0.4 is 4.74 Å². The quantitative estimate of drug-likeness (QED) is 0.460. The predicted molar refractivity (Wildman–Crippen MR) is 120 cm³/mol. The van der Waals surface area contributed by atoms with Crippen molar-refractivity contribution in [3.63, 3.8) is 0 Å². The number of thioether (sulfide) groups is 1. The Balaban J connectivity index is 1.44. The highest BCUT2D eigenvalue weighted by Gasteiger charge is 2.44. The fourth-order valence-electron chi connectivity index (χ4n) is 3.75. The zero-order valence-corrected chi connectivity index (χ0v) is 18.2. The first-order chi connectivity index (χ1) is 14.9. The van der Waals surface area contributed by atoms with Gasteiger partial charge in [0.25, 0.3) is 0 Å². The molecule has 8 nitrogen and oxygen atoms in total. The van der Waals surface area contributed by atoms with E-state index in [0.717, 1.165) is 36.8 Å². The Labute approximate surface area is 186 Å². The number of aliphatic hydroxyl groups is 4. The number of ether oxygens (including phenoxy) is 2. The number of nitrogens with zero attached hydrogens (tertiary/aromatic N) is 2. The molecule has 2 aromatic carbocycles. The Morgan fingerprint density at radius 3 is 2.71 bits per heavy atom. The third kappa shape index (κ3) is 3.82. The lowest BCUT2D eigenvalue weighted by atomic mass is 9.99. The fourth-order valence-corrected chi connectivity index (χ4v) is 5.94. The molecule has 0 radical (unpaired) electrons. The maximum absolute atomic E-state index is 10.2. The Hall–Kier alpha value is -1.79. The molecule has 10 heteroatoms. The van der Waals surface area contributed by atoms with Crippen LogP contribution in [-0.4, -0.2) is 79.6 Å². The summed E-state index contributed by atoms with van der Waals surface area (Å²) in [6.07, 6.45) is -6.59. The van der Waals surface area contributed by atoms with Gasteiger partial charge in [0.2, 0.25) is 6.29 Å². The molecule has 1 saturated heterocycles. The Morgan fingerprint density at radius 1 is 1.13 bits per heavy atom. The Kier molecular flexibility index (Phi) is 5.63. The van der Waals surface area contributed by atoms with Gasteiger partial charge in [0.1, 0.15) is 40.2 Å². The minimum atomic E-state index is -1.48. The van der Waals surface area contributed by atoms with Crippen molar-refractivity contribution in [3.8, 4) is 5.75 Å². The number of hydrogen-bond donors (Lipinski definition) is 4. The molecule has 6 unspecified atom stereocenters. The maximum atomic E-state index is 10.2. The van der Waals surface area contributed by atoms with Crippen LogP contribution in [0.25, 0.3) is 21.0 Å². The zero-order valence-electron chi connectivity index (χ0n) is 16.6. The standard InChI is InChI=1S/C21H22N2O6S2/c1-9-8-30-19(22-9)20-23-13-5-2-10-6-11(3-4-12(10)18(13)31-20)28-21-17(27)16(26)15(25)14(7-24)29-21/h2-6,9,14-17,21,24-27H,7-8H2,1H3. The molecule has 6 atom stereocenters. The van der Waals surface area contributed by atoms with E-state index in [0.29, 0.717) is 11.8 Å². The summed E-state index contributed by atoms with van der Waals surface area (Å²) in [5.41, 5.74) is 0.915. The van der Waals surface area contributed by atoms with Crippen molar-refractivity contribution in [1.29, 1.82) is 0 Å². The first-order valence-electron chi connectivity index (χ1n) is 9.96. The Bertz CT molecular complexity index is 1150. The van der Waals surface area contributed by atoms with Gasteiger partial charge in [0.05, 0.1) is 22.9 Å².